The average Bonchev–Trinajstić information content (AvgIpc) is 0.722. The van der Waals surface area contributed by atoms with E-state index in [1.54, 1.807) is 0 Å². The van der Waals surface area contributed by atoms with Crippen molar-refractivity contribution in [2.45, 2.75) is 0 Å². The van der Waals surface area contributed by atoms with E-state index in [1.807, 2.05) is 0 Å². The Labute approximate surface area is 67.5 Å². The topological polar surface area (TPSA) is 109 Å². The molecule has 0 aliphatic carbocycles. The van der Waals surface area contributed by atoms with Crippen molar-refractivity contribution in [1.29, 1.82) is 0 Å². The van der Waals surface area contributed by atoms with E-state index >= 15 is 0 Å². The molecular formula is H5Al2O5P+6. The molecule has 0 spiro atoms. The van der Waals surface area contributed by atoms with Crippen molar-refractivity contribution in [2.75, 3.05) is 0 Å². The summed E-state index contributed by atoms with van der Waals surface area (Å²) in [4.78, 5) is 21.6. The van der Waals surface area contributed by atoms with Crippen molar-refractivity contribution in [1.82, 2.24) is 0 Å². The van der Waals surface area contributed by atoms with E-state index < -0.39 is 7.82 Å². The van der Waals surface area contributed by atoms with Crippen LogP contribution in [-0.2, 0) is 4.57 Å². The van der Waals surface area contributed by atoms with Gasteiger partial charge in [-0.05, 0) is 0 Å². The fourth-order valence-electron chi connectivity index (χ4n) is 0. The zero-order valence-electron chi connectivity index (χ0n) is 3.85. The van der Waals surface area contributed by atoms with Gasteiger partial charge in [-0.1, -0.05) is 0 Å². The van der Waals surface area contributed by atoms with Crippen molar-refractivity contribution < 1.29 is 24.7 Å². The molecule has 8 heteroatoms. The maximum atomic E-state index is 8.88. The molecule has 0 aliphatic heterocycles. The Balaban J connectivity index is -0.0000000267. The van der Waals surface area contributed by atoms with Gasteiger partial charge in [0.05, 0.1) is 0 Å². The van der Waals surface area contributed by atoms with Crippen LogP contribution >= 0.6 is 7.82 Å². The Morgan fingerprint density at radius 2 is 1.00 bits per heavy atom. The van der Waals surface area contributed by atoms with Crippen LogP contribution < -0.4 is 0 Å². The predicted octanol–water partition coefficient (Wildman–Crippen LogP) is -2.51. The first-order valence-electron chi connectivity index (χ1n) is 0.783. The molecule has 0 saturated heterocycles. The fraction of sp³-hybridized carbons (Fsp3) is 0. The number of phosphoric acid groups is 1. The SMILES string of the molecule is O.O=P(O)(O)O.[Al+3].[Al+3]. The number of hydrogen-bond donors (Lipinski definition) is 3. The Kier molecular flexibility index (Phi) is 23.3. The maximum Gasteiger partial charge on any atom is 3.00 e. The Morgan fingerprint density at radius 3 is 1.00 bits per heavy atom. The molecule has 8 heavy (non-hydrogen) atoms. The van der Waals surface area contributed by atoms with Crippen LogP contribution in [0.25, 0.3) is 0 Å². The molecule has 0 saturated carbocycles. The van der Waals surface area contributed by atoms with Gasteiger partial charge in [-0.25, -0.2) is 4.57 Å². The van der Waals surface area contributed by atoms with Crippen LogP contribution in [0.1, 0.15) is 0 Å². The van der Waals surface area contributed by atoms with Gasteiger partial charge in [0.2, 0.25) is 0 Å². The maximum absolute atomic E-state index is 8.88. The Bertz CT molecular complexity index is 56.6. The van der Waals surface area contributed by atoms with Crippen molar-refractivity contribution >= 4 is 42.5 Å². The molecule has 0 bridgehead atoms. The average molecular weight is 170 g/mol. The van der Waals surface area contributed by atoms with Gasteiger partial charge < -0.3 is 20.2 Å². The summed E-state index contributed by atoms with van der Waals surface area (Å²) >= 11 is 0. The molecule has 0 aromatic carbocycles. The zero-order valence-corrected chi connectivity index (χ0v) is 7.06. The van der Waals surface area contributed by atoms with Crippen molar-refractivity contribution in [3.05, 3.63) is 0 Å². The van der Waals surface area contributed by atoms with E-state index in [0.717, 1.165) is 0 Å². The second kappa shape index (κ2) is 8.13. The quantitative estimate of drug-likeness (QED) is 0.275. The normalized spacial score (nSPS) is 7.38. The Morgan fingerprint density at radius 1 is 1.00 bits per heavy atom. The predicted molar refractivity (Wildman–Crippen MR) is 29.4 cm³/mol. The Hall–Kier alpha value is 1.13. The van der Waals surface area contributed by atoms with Gasteiger partial charge in [-0.15, -0.1) is 0 Å². The smallest absolute Gasteiger partial charge is 0.412 e. The third kappa shape index (κ3) is 208. The van der Waals surface area contributed by atoms with E-state index in [2.05, 4.69) is 0 Å². The van der Waals surface area contributed by atoms with E-state index in [-0.39, 0.29) is 40.2 Å². The summed E-state index contributed by atoms with van der Waals surface area (Å²) in [5, 5.41) is 0. The number of rotatable bonds is 0. The molecule has 0 unspecified atom stereocenters. The molecule has 0 aliphatic rings. The summed E-state index contributed by atoms with van der Waals surface area (Å²) in [6.07, 6.45) is 0. The van der Waals surface area contributed by atoms with Crippen molar-refractivity contribution in [3.63, 3.8) is 0 Å². The fourth-order valence-corrected chi connectivity index (χ4v) is 0. The summed E-state index contributed by atoms with van der Waals surface area (Å²) in [5.74, 6) is 0. The van der Waals surface area contributed by atoms with E-state index in [0.29, 0.717) is 0 Å². The minimum absolute atomic E-state index is 0. The first-order valence-corrected chi connectivity index (χ1v) is 2.35. The number of hydrogen-bond acceptors (Lipinski definition) is 1. The molecule has 0 amide bonds. The van der Waals surface area contributed by atoms with Gasteiger partial charge >= 0.3 is 42.5 Å². The van der Waals surface area contributed by atoms with Gasteiger partial charge in [0, 0.05) is 0 Å². The van der Waals surface area contributed by atoms with Gasteiger partial charge in [0.25, 0.3) is 0 Å². The molecule has 0 aromatic rings. The van der Waals surface area contributed by atoms with Crippen LogP contribution in [0, 0.1) is 0 Å². The third-order valence-corrected chi connectivity index (χ3v) is 0. The molecule has 5 nitrogen and oxygen atoms in total. The molecule has 0 aromatic heterocycles. The summed E-state index contributed by atoms with van der Waals surface area (Å²) in [5.41, 5.74) is 0. The molecule has 0 atom stereocenters. The van der Waals surface area contributed by atoms with Crippen LogP contribution in [0.4, 0.5) is 0 Å². The van der Waals surface area contributed by atoms with Crippen LogP contribution in [0.15, 0.2) is 0 Å². The third-order valence-electron chi connectivity index (χ3n) is 0. The molecule has 0 heterocycles. The van der Waals surface area contributed by atoms with E-state index in [9.17, 15) is 0 Å². The standard InChI is InChI=1S/2Al.H3O4P.H2O/c;;1-5(2,3)4;/h;;(H3,1,2,3,4);1H2/q2*+3;;. The summed E-state index contributed by atoms with van der Waals surface area (Å²) in [6.45, 7) is 0. The van der Waals surface area contributed by atoms with Crippen molar-refractivity contribution in [2.24, 2.45) is 0 Å². The largest absolute Gasteiger partial charge is 3.00 e. The molecule has 0 fully saturated rings. The second-order valence-corrected chi connectivity index (χ2v) is 1.54. The first kappa shape index (κ1) is 22.9. The van der Waals surface area contributed by atoms with Gasteiger partial charge in [-0.3, -0.25) is 0 Å². The molecule has 0 radical (unpaired) electrons. The van der Waals surface area contributed by atoms with Crippen LogP contribution in [0.5, 0.6) is 0 Å². The molecular weight excluding hydrogens is 165 g/mol. The summed E-state index contributed by atoms with van der Waals surface area (Å²) in [7, 11) is -4.64. The van der Waals surface area contributed by atoms with E-state index in [1.165, 1.54) is 0 Å². The van der Waals surface area contributed by atoms with Crippen molar-refractivity contribution in [3.8, 4) is 0 Å². The summed E-state index contributed by atoms with van der Waals surface area (Å²) < 4.78 is 8.88. The van der Waals surface area contributed by atoms with Gasteiger partial charge in [-0.2, -0.15) is 0 Å². The second-order valence-electron chi connectivity index (χ2n) is 0.513. The molecule has 40 valence electrons. The first-order chi connectivity index (χ1) is 2.00. The zero-order chi connectivity index (χ0) is 4.50. The van der Waals surface area contributed by atoms with Crippen LogP contribution in [-0.4, -0.2) is 54.9 Å². The van der Waals surface area contributed by atoms with Gasteiger partial charge in [0.1, 0.15) is 0 Å². The summed E-state index contributed by atoms with van der Waals surface area (Å²) in [6, 6.07) is 0. The van der Waals surface area contributed by atoms with E-state index in [4.69, 9.17) is 19.2 Å². The van der Waals surface area contributed by atoms with Gasteiger partial charge in [0.15, 0.2) is 0 Å². The van der Waals surface area contributed by atoms with Crippen LogP contribution in [0.3, 0.4) is 0 Å². The minimum Gasteiger partial charge on any atom is -0.412 e. The monoisotopic (exact) mass is 170 g/mol. The molecule has 5 N–H and O–H groups in total. The molecule has 0 rings (SSSR count). The minimum atomic E-state index is -4.64. The van der Waals surface area contributed by atoms with Crippen LogP contribution in [0.2, 0.25) is 0 Å².